The molecule has 0 aromatic heterocycles. The fourth-order valence-electron chi connectivity index (χ4n) is 3.65. The van der Waals surface area contributed by atoms with Crippen LogP contribution in [0.1, 0.15) is 71.4 Å². The van der Waals surface area contributed by atoms with E-state index in [0.29, 0.717) is 33.6 Å². The van der Waals surface area contributed by atoms with Gasteiger partial charge in [0.1, 0.15) is 0 Å². The first-order valence-corrected chi connectivity index (χ1v) is 9.87. The lowest BCUT2D eigenvalue weighted by Crippen LogP contribution is -2.33. The van der Waals surface area contributed by atoms with E-state index in [1.165, 1.54) is 0 Å². The number of carbonyl (C=O) groups is 2. The van der Waals surface area contributed by atoms with Gasteiger partial charge in [-0.25, -0.2) is 0 Å². The summed E-state index contributed by atoms with van der Waals surface area (Å²) >= 11 is 0. The number of nitrogens with one attached hydrogen (secondary N) is 2. The van der Waals surface area contributed by atoms with Crippen molar-refractivity contribution in [2.75, 3.05) is 10.6 Å². The average molecular weight is 380 g/mol. The van der Waals surface area contributed by atoms with Gasteiger partial charge in [0.15, 0.2) is 11.6 Å². The highest BCUT2D eigenvalue weighted by atomic mass is 16.1. The normalized spacial score (nSPS) is 14.9. The van der Waals surface area contributed by atoms with Gasteiger partial charge in [0, 0.05) is 22.5 Å². The summed E-state index contributed by atoms with van der Waals surface area (Å²) in [7, 11) is 0. The molecule has 28 heavy (non-hydrogen) atoms. The number of nitrogens with two attached hydrogens (primary N) is 2. The summed E-state index contributed by atoms with van der Waals surface area (Å²) in [6.07, 6.45) is 2.83. The predicted molar refractivity (Wildman–Crippen MR) is 113 cm³/mol. The molecule has 2 aromatic rings. The monoisotopic (exact) mass is 380 g/mol. The van der Waals surface area contributed by atoms with Crippen molar-refractivity contribution in [2.45, 2.75) is 51.9 Å². The van der Waals surface area contributed by atoms with Crippen molar-refractivity contribution in [3.05, 3.63) is 58.7 Å². The summed E-state index contributed by atoms with van der Waals surface area (Å²) < 4.78 is 0. The van der Waals surface area contributed by atoms with Gasteiger partial charge in [-0.3, -0.25) is 9.59 Å². The molecular weight excluding hydrogens is 352 g/mol. The summed E-state index contributed by atoms with van der Waals surface area (Å²) in [5.41, 5.74) is 15.0. The Kier molecular flexibility index (Phi) is 6.11. The van der Waals surface area contributed by atoms with Gasteiger partial charge in [0.25, 0.3) is 0 Å². The number of ketones is 2. The van der Waals surface area contributed by atoms with Crippen LogP contribution in [-0.4, -0.2) is 23.9 Å². The highest BCUT2D eigenvalue weighted by molar-refractivity contribution is 6.31. The van der Waals surface area contributed by atoms with Crippen LogP contribution >= 0.6 is 0 Å². The van der Waals surface area contributed by atoms with Gasteiger partial charge >= 0.3 is 0 Å². The second kappa shape index (κ2) is 8.54. The SMILES string of the molecule is CCCC(N)Nc1cccc2c1C(=O)c1cccc(NC(N)CCC)c1C2=O. The Morgan fingerprint density at radius 2 is 1.14 bits per heavy atom. The van der Waals surface area contributed by atoms with Gasteiger partial charge < -0.3 is 22.1 Å². The van der Waals surface area contributed by atoms with Crippen molar-refractivity contribution in [1.82, 2.24) is 0 Å². The van der Waals surface area contributed by atoms with E-state index < -0.39 is 0 Å². The third kappa shape index (κ3) is 3.79. The Morgan fingerprint density at radius 1 is 0.750 bits per heavy atom. The lowest BCUT2D eigenvalue weighted by Gasteiger charge is -2.25. The van der Waals surface area contributed by atoms with Gasteiger partial charge in [-0.1, -0.05) is 51.0 Å². The third-order valence-electron chi connectivity index (χ3n) is 4.95. The fraction of sp³-hybridized carbons (Fsp3) is 0.364. The van der Waals surface area contributed by atoms with E-state index in [2.05, 4.69) is 10.6 Å². The van der Waals surface area contributed by atoms with E-state index in [-0.39, 0.29) is 23.9 Å². The van der Waals surface area contributed by atoms with Crippen LogP contribution in [0.2, 0.25) is 0 Å². The average Bonchev–Trinajstić information content (AvgIpc) is 2.66. The number of anilines is 2. The molecule has 0 aliphatic heterocycles. The molecule has 2 aromatic carbocycles. The summed E-state index contributed by atoms with van der Waals surface area (Å²) in [4.78, 5) is 26.6. The van der Waals surface area contributed by atoms with Crippen LogP contribution in [0.15, 0.2) is 36.4 Å². The zero-order chi connectivity index (χ0) is 20.3. The molecule has 148 valence electrons. The highest BCUT2D eigenvalue weighted by Crippen LogP contribution is 2.35. The second-order valence-corrected chi connectivity index (χ2v) is 7.19. The number of fused-ring (bicyclic) bond motifs is 2. The van der Waals surface area contributed by atoms with Crippen LogP contribution in [0.25, 0.3) is 0 Å². The highest BCUT2D eigenvalue weighted by Gasteiger charge is 2.33. The molecule has 1 aliphatic carbocycles. The summed E-state index contributed by atoms with van der Waals surface area (Å²) in [5.74, 6) is -0.353. The van der Waals surface area contributed by atoms with Crippen molar-refractivity contribution >= 4 is 22.9 Å². The van der Waals surface area contributed by atoms with Crippen LogP contribution in [0.5, 0.6) is 0 Å². The number of rotatable bonds is 8. The zero-order valence-electron chi connectivity index (χ0n) is 16.4. The van der Waals surface area contributed by atoms with Crippen LogP contribution in [0.4, 0.5) is 11.4 Å². The standard InChI is InChI=1S/C22H28N4O2/c1-3-7-17(23)25-15-11-5-9-13-19(15)21(27)14-10-6-12-16(20(14)22(13)28)26-18(24)8-4-2/h5-6,9-12,17-18,25-26H,3-4,7-8,23-24H2,1-2H3. The van der Waals surface area contributed by atoms with Crippen LogP contribution in [0.3, 0.4) is 0 Å². The number of carbonyl (C=O) groups excluding carboxylic acids is 2. The predicted octanol–water partition coefficient (Wildman–Crippen LogP) is 3.46. The number of hydrogen-bond donors (Lipinski definition) is 4. The fourth-order valence-corrected chi connectivity index (χ4v) is 3.65. The van der Waals surface area contributed by atoms with Gasteiger partial charge in [-0.05, 0) is 25.0 Å². The maximum absolute atomic E-state index is 13.3. The van der Waals surface area contributed by atoms with E-state index in [0.717, 1.165) is 25.7 Å². The molecule has 0 amide bonds. The molecule has 0 heterocycles. The molecule has 0 bridgehead atoms. The van der Waals surface area contributed by atoms with Crippen molar-refractivity contribution in [1.29, 1.82) is 0 Å². The van der Waals surface area contributed by atoms with Gasteiger partial charge in [0.2, 0.25) is 0 Å². The molecule has 6 N–H and O–H groups in total. The van der Waals surface area contributed by atoms with Crippen LogP contribution in [0, 0.1) is 0 Å². The molecule has 0 spiro atoms. The molecular formula is C22H28N4O2. The van der Waals surface area contributed by atoms with Crippen molar-refractivity contribution in [3.63, 3.8) is 0 Å². The molecule has 2 atom stereocenters. The molecule has 2 unspecified atom stereocenters. The van der Waals surface area contributed by atoms with E-state index in [9.17, 15) is 9.59 Å². The van der Waals surface area contributed by atoms with E-state index in [1.807, 2.05) is 13.8 Å². The first kappa shape index (κ1) is 20.0. The first-order chi connectivity index (χ1) is 13.5. The molecule has 0 fully saturated rings. The van der Waals surface area contributed by atoms with Gasteiger partial charge in [-0.2, -0.15) is 0 Å². The van der Waals surface area contributed by atoms with Crippen molar-refractivity contribution in [3.8, 4) is 0 Å². The Bertz CT molecular complexity index is 821. The molecule has 6 nitrogen and oxygen atoms in total. The van der Waals surface area contributed by atoms with Crippen LogP contribution < -0.4 is 22.1 Å². The zero-order valence-corrected chi connectivity index (χ0v) is 16.4. The summed E-state index contributed by atoms with van der Waals surface area (Å²) in [6.45, 7) is 4.09. The quantitative estimate of drug-likeness (QED) is 0.446. The van der Waals surface area contributed by atoms with E-state index in [4.69, 9.17) is 11.5 Å². The topological polar surface area (TPSA) is 110 Å². The van der Waals surface area contributed by atoms with Crippen molar-refractivity contribution < 1.29 is 9.59 Å². The molecule has 6 heteroatoms. The maximum Gasteiger partial charge on any atom is 0.196 e. The molecule has 0 saturated heterocycles. The lowest BCUT2D eigenvalue weighted by molar-refractivity contribution is 0.0980. The molecule has 0 radical (unpaired) electrons. The third-order valence-corrected chi connectivity index (χ3v) is 4.95. The summed E-state index contributed by atoms with van der Waals surface area (Å²) in [5, 5.41) is 6.37. The Balaban J connectivity index is 2.03. The first-order valence-electron chi connectivity index (χ1n) is 9.87. The summed E-state index contributed by atoms with van der Waals surface area (Å²) in [6, 6.07) is 10.5. The maximum atomic E-state index is 13.3. The Labute approximate surface area is 165 Å². The lowest BCUT2D eigenvalue weighted by atomic mass is 9.82. The Morgan fingerprint density at radius 3 is 1.50 bits per heavy atom. The smallest absolute Gasteiger partial charge is 0.196 e. The largest absolute Gasteiger partial charge is 0.369 e. The minimum Gasteiger partial charge on any atom is -0.369 e. The van der Waals surface area contributed by atoms with Crippen LogP contribution in [-0.2, 0) is 0 Å². The number of benzene rings is 2. The Hall–Kier alpha value is -2.70. The van der Waals surface area contributed by atoms with E-state index >= 15 is 0 Å². The van der Waals surface area contributed by atoms with E-state index in [1.54, 1.807) is 36.4 Å². The number of hydrogen-bond acceptors (Lipinski definition) is 6. The van der Waals surface area contributed by atoms with Crippen molar-refractivity contribution in [2.24, 2.45) is 11.5 Å². The molecule has 0 saturated carbocycles. The minimum absolute atomic E-state index is 0.177. The van der Waals surface area contributed by atoms with Gasteiger partial charge in [0.05, 0.1) is 23.5 Å². The molecule has 1 aliphatic rings. The second-order valence-electron chi connectivity index (χ2n) is 7.19. The molecule has 3 rings (SSSR count). The minimum atomic E-state index is -0.277. The van der Waals surface area contributed by atoms with Gasteiger partial charge in [-0.15, -0.1) is 0 Å².